The molecule has 0 saturated carbocycles. The Labute approximate surface area is 342 Å². The Morgan fingerprint density at radius 3 is 2.63 bits per heavy atom. The van der Waals surface area contributed by atoms with Gasteiger partial charge in [0, 0.05) is 88.1 Å². The second kappa shape index (κ2) is 15.7. The van der Waals surface area contributed by atoms with Crippen LogP contribution in [0.1, 0.15) is 53.6 Å². The second-order valence-electron chi connectivity index (χ2n) is 16.0. The van der Waals surface area contributed by atoms with Crippen molar-refractivity contribution in [1.29, 1.82) is 0 Å². The zero-order valence-electron chi connectivity index (χ0n) is 33.0. The number of aromatic nitrogens is 3. The van der Waals surface area contributed by atoms with Crippen LogP contribution >= 0.6 is 0 Å². The van der Waals surface area contributed by atoms with Gasteiger partial charge >= 0.3 is 0 Å². The van der Waals surface area contributed by atoms with Crippen molar-refractivity contribution in [1.82, 2.24) is 30.1 Å². The lowest BCUT2D eigenvalue weighted by Gasteiger charge is -2.38. The van der Waals surface area contributed by atoms with Crippen molar-refractivity contribution in [3.05, 3.63) is 89.7 Å². The minimum absolute atomic E-state index is 0.0566. The van der Waals surface area contributed by atoms with Crippen LogP contribution < -0.4 is 24.6 Å². The van der Waals surface area contributed by atoms with E-state index in [9.17, 15) is 22.8 Å². The first-order valence-corrected chi connectivity index (χ1v) is 21.6. The molecule has 3 saturated heterocycles. The molecule has 4 aliphatic rings. The predicted molar refractivity (Wildman–Crippen MR) is 220 cm³/mol. The topological polar surface area (TPSA) is 175 Å². The van der Waals surface area contributed by atoms with Crippen LogP contribution in [0.2, 0.25) is 0 Å². The van der Waals surface area contributed by atoms with Gasteiger partial charge in [0.05, 0.1) is 18.6 Å². The van der Waals surface area contributed by atoms with Gasteiger partial charge in [-0.15, -0.1) is 0 Å². The number of hydrogen-bond acceptors (Lipinski definition) is 12. The maximum atomic E-state index is 13.7. The van der Waals surface area contributed by atoms with Crippen molar-refractivity contribution in [2.24, 2.45) is 5.92 Å². The van der Waals surface area contributed by atoms with Gasteiger partial charge in [-0.1, -0.05) is 11.2 Å². The number of benzene rings is 3. The van der Waals surface area contributed by atoms with Crippen molar-refractivity contribution in [2.75, 3.05) is 61.4 Å². The molecule has 5 aromatic rings. The molecule has 9 rings (SSSR count). The minimum Gasteiger partial charge on any atom is -0.496 e. The van der Waals surface area contributed by atoms with Gasteiger partial charge in [-0.3, -0.25) is 29.1 Å². The number of anilines is 3. The van der Waals surface area contributed by atoms with Gasteiger partial charge in [-0.2, -0.15) is 5.10 Å². The summed E-state index contributed by atoms with van der Waals surface area (Å²) in [6.07, 6.45) is 7.13. The number of nitrogens with one attached hydrogen (secondary N) is 2. The molecule has 6 heterocycles. The SMILES string of the molecule is COc1cc(Cn2cccn2)cc2onc(NS(=O)(=O)c3cccc(N(C)C4CCN(CC5CCN(c6ccc7c(c6)CN(C6CCC(=O)NC6=O)C7=O)C5)CC4)c3)c12. The number of rotatable bonds is 12. The summed E-state index contributed by atoms with van der Waals surface area (Å²) in [6, 6.07) is 18.1. The van der Waals surface area contributed by atoms with Gasteiger partial charge < -0.3 is 28.9 Å². The van der Waals surface area contributed by atoms with Gasteiger partial charge in [0.15, 0.2) is 11.4 Å². The van der Waals surface area contributed by atoms with E-state index in [0.29, 0.717) is 47.7 Å². The summed E-state index contributed by atoms with van der Waals surface area (Å²) in [6.45, 7) is 5.64. The highest BCUT2D eigenvalue weighted by Gasteiger charge is 2.39. The standard InChI is InChI=1S/C42H47N9O7S/c1-47(31-5-3-6-33(22-31)59(55,56)46-40-39-36(57-2)19-28(20-37(39)58-45-40)25-50-15-4-14-43-50)30-12-16-48(17-13-30)23-27-11-18-49(24-27)32-7-8-34-29(21-32)26-51(42(34)54)35-9-10-38(52)44-41(35)53/h3-8,14-15,19-22,27,30,35H,9-13,16-18,23-26H2,1-2H3,(H,45,46)(H,44,52,53). The molecule has 16 nitrogen and oxygen atoms in total. The van der Waals surface area contributed by atoms with E-state index >= 15 is 0 Å². The summed E-state index contributed by atoms with van der Waals surface area (Å²) in [5, 5.41) is 11.1. The number of piperidine rings is 2. The van der Waals surface area contributed by atoms with Gasteiger partial charge in [0.25, 0.3) is 15.9 Å². The third-order valence-corrected chi connectivity index (χ3v) is 13.6. The summed E-state index contributed by atoms with van der Waals surface area (Å²) in [5.74, 6) is 0.168. The van der Waals surface area contributed by atoms with Crippen LogP contribution in [-0.4, -0.2) is 110 Å². The second-order valence-corrected chi connectivity index (χ2v) is 17.7. The highest BCUT2D eigenvalue weighted by Crippen LogP contribution is 2.36. The molecule has 2 aromatic heterocycles. The molecule has 2 atom stereocenters. The number of methoxy groups -OCH3 is 1. The van der Waals surface area contributed by atoms with E-state index in [-0.39, 0.29) is 35.0 Å². The van der Waals surface area contributed by atoms with E-state index in [0.717, 1.165) is 74.5 Å². The number of fused-ring (bicyclic) bond motifs is 2. The number of likely N-dealkylation sites (tertiary alicyclic amines) is 1. The van der Waals surface area contributed by atoms with Crippen molar-refractivity contribution in [3.63, 3.8) is 0 Å². The normalized spacial score (nSPS) is 20.3. The van der Waals surface area contributed by atoms with Crippen molar-refractivity contribution < 1.29 is 32.1 Å². The van der Waals surface area contributed by atoms with E-state index < -0.39 is 22.0 Å². The van der Waals surface area contributed by atoms with Crippen LogP contribution in [0.15, 0.2) is 82.5 Å². The average molecular weight is 822 g/mol. The Hall–Kier alpha value is -5.94. The van der Waals surface area contributed by atoms with Crippen LogP contribution in [-0.2, 0) is 32.7 Å². The first-order valence-electron chi connectivity index (χ1n) is 20.1. The number of hydrogen-bond donors (Lipinski definition) is 2. The molecule has 3 aromatic carbocycles. The third kappa shape index (κ3) is 7.71. The zero-order valence-corrected chi connectivity index (χ0v) is 33.9. The summed E-state index contributed by atoms with van der Waals surface area (Å²) in [4.78, 5) is 46.1. The zero-order chi connectivity index (χ0) is 40.8. The molecule has 2 N–H and O–H groups in total. The van der Waals surface area contributed by atoms with Gasteiger partial charge in [0.2, 0.25) is 11.8 Å². The number of carbonyl (C=O) groups is 3. The molecule has 0 aliphatic carbocycles. The molecular formula is C42H47N9O7S. The van der Waals surface area contributed by atoms with Crippen molar-refractivity contribution in [2.45, 2.75) is 62.2 Å². The van der Waals surface area contributed by atoms with E-state index in [1.807, 2.05) is 43.6 Å². The molecular weight excluding hydrogens is 775 g/mol. The van der Waals surface area contributed by atoms with E-state index in [2.05, 4.69) is 41.1 Å². The van der Waals surface area contributed by atoms with Gasteiger partial charge in [0.1, 0.15) is 17.2 Å². The summed E-state index contributed by atoms with van der Waals surface area (Å²) in [7, 11) is -0.474. The monoisotopic (exact) mass is 821 g/mol. The van der Waals surface area contributed by atoms with E-state index in [4.69, 9.17) is 9.26 Å². The molecule has 59 heavy (non-hydrogen) atoms. The Morgan fingerprint density at radius 2 is 1.85 bits per heavy atom. The fourth-order valence-corrected chi connectivity index (χ4v) is 10.1. The first-order chi connectivity index (χ1) is 28.5. The first kappa shape index (κ1) is 38.6. The Kier molecular flexibility index (Phi) is 10.2. The number of sulfonamides is 1. The summed E-state index contributed by atoms with van der Waals surface area (Å²) in [5.41, 5.74) is 4.73. The number of carbonyl (C=O) groups excluding carboxylic acids is 3. The summed E-state index contributed by atoms with van der Waals surface area (Å²) < 4.78 is 43.1. The van der Waals surface area contributed by atoms with Crippen LogP contribution in [0, 0.1) is 5.92 Å². The molecule has 0 bridgehead atoms. The molecule has 0 spiro atoms. The Morgan fingerprint density at radius 1 is 1.00 bits per heavy atom. The molecule has 17 heteroatoms. The number of imide groups is 1. The summed E-state index contributed by atoms with van der Waals surface area (Å²) >= 11 is 0. The molecule has 3 amide bonds. The highest BCUT2D eigenvalue weighted by atomic mass is 32.2. The third-order valence-electron chi connectivity index (χ3n) is 12.3. The lowest BCUT2D eigenvalue weighted by atomic mass is 10.0. The molecule has 4 aliphatic heterocycles. The average Bonchev–Trinajstić information content (AvgIpc) is 4.06. The maximum absolute atomic E-state index is 13.7. The minimum atomic E-state index is -4.02. The molecule has 308 valence electrons. The molecule has 3 fully saturated rings. The van der Waals surface area contributed by atoms with E-state index in [1.54, 1.807) is 40.0 Å². The van der Waals surface area contributed by atoms with Crippen LogP contribution in [0.5, 0.6) is 5.75 Å². The number of ether oxygens (including phenoxy) is 1. The van der Waals surface area contributed by atoms with Gasteiger partial charge in [-0.05, 0) is 97.3 Å². The Balaban J connectivity index is 0.785. The van der Waals surface area contributed by atoms with Crippen molar-refractivity contribution >= 4 is 55.9 Å². The van der Waals surface area contributed by atoms with E-state index in [1.165, 1.54) is 7.11 Å². The largest absolute Gasteiger partial charge is 0.496 e. The Bertz CT molecular complexity index is 2520. The lowest BCUT2D eigenvalue weighted by Crippen LogP contribution is -2.52. The lowest BCUT2D eigenvalue weighted by molar-refractivity contribution is -0.136. The fraction of sp³-hybridized carbons (Fsp3) is 0.405. The maximum Gasteiger partial charge on any atom is 0.263 e. The van der Waals surface area contributed by atoms with Crippen LogP contribution in [0.4, 0.5) is 17.2 Å². The predicted octanol–water partition coefficient (Wildman–Crippen LogP) is 4.07. The molecule has 2 unspecified atom stereocenters. The van der Waals surface area contributed by atoms with Crippen molar-refractivity contribution in [3.8, 4) is 5.75 Å². The number of nitrogens with zero attached hydrogens (tertiary/aromatic N) is 7. The highest BCUT2D eigenvalue weighted by molar-refractivity contribution is 7.92. The quantitative estimate of drug-likeness (QED) is 0.173. The van der Waals surface area contributed by atoms with Gasteiger partial charge in [-0.25, -0.2) is 8.42 Å². The number of amides is 3. The fourth-order valence-electron chi connectivity index (χ4n) is 9.09. The molecule has 0 radical (unpaired) electrons. The van der Waals surface area contributed by atoms with Crippen LogP contribution in [0.25, 0.3) is 11.0 Å². The smallest absolute Gasteiger partial charge is 0.263 e. The van der Waals surface area contributed by atoms with Crippen LogP contribution in [0.3, 0.4) is 0 Å².